The van der Waals surface area contributed by atoms with Crippen LogP contribution >= 0.6 is 11.6 Å². The van der Waals surface area contributed by atoms with Crippen LogP contribution in [-0.4, -0.2) is 37.6 Å². The number of carbonyl (C=O) groups is 1. The Morgan fingerprint density at radius 3 is 2.46 bits per heavy atom. The van der Waals surface area contributed by atoms with Gasteiger partial charge in [0.15, 0.2) is 0 Å². The molecule has 2 aromatic carbocycles. The summed E-state index contributed by atoms with van der Waals surface area (Å²) in [6.07, 6.45) is 0. The molecule has 0 saturated carbocycles. The van der Waals surface area contributed by atoms with Gasteiger partial charge in [0.25, 0.3) is 16.8 Å². The molecule has 12 nitrogen and oxygen atoms in total. The molecular formula is C25H25ClFN7O5. The minimum absolute atomic E-state index is 0.0341. The lowest BCUT2D eigenvalue weighted by molar-refractivity contribution is 0.0771. The van der Waals surface area contributed by atoms with Crippen molar-refractivity contribution in [2.75, 3.05) is 17.2 Å². The lowest BCUT2D eigenvalue weighted by Crippen LogP contribution is -2.39. The predicted octanol–water partition coefficient (Wildman–Crippen LogP) is 2.86. The number of aryl methyl sites for hydroxylation is 1. The maximum atomic E-state index is 15.2. The van der Waals surface area contributed by atoms with Crippen LogP contribution in [0.3, 0.4) is 0 Å². The van der Waals surface area contributed by atoms with Gasteiger partial charge in [-0.15, -0.1) is 0 Å². The van der Waals surface area contributed by atoms with Crippen LogP contribution < -0.4 is 27.2 Å². The van der Waals surface area contributed by atoms with Crippen LogP contribution in [0.5, 0.6) is 0 Å². The van der Waals surface area contributed by atoms with Crippen LogP contribution in [0.15, 0.2) is 37.0 Å². The van der Waals surface area contributed by atoms with Gasteiger partial charge < -0.3 is 20.0 Å². The average molecular weight is 558 g/mol. The summed E-state index contributed by atoms with van der Waals surface area (Å²) < 4.78 is 22.0. The van der Waals surface area contributed by atoms with Gasteiger partial charge in [-0.2, -0.15) is 4.68 Å². The number of anilines is 3. The van der Waals surface area contributed by atoms with E-state index in [1.165, 1.54) is 4.90 Å². The van der Waals surface area contributed by atoms with Crippen molar-refractivity contribution in [1.29, 1.82) is 0 Å². The number of carbonyl (C=O) groups excluding carboxylic acids is 1. The molecule has 204 valence electrons. The van der Waals surface area contributed by atoms with E-state index in [-0.39, 0.29) is 47.3 Å². The van der Waals surface area contributed by atoms with Crippen LogP contribution in [0.2, 0.25) is 5.02 Å². The number of halogens is 2. The average Bonchev–Trinajstić information content (AvgIpc) is 3.57. The monoisotopic (exact) mass is 557 g/mol. The fraction of sp³-hybridized carbons (Fsp3) is 0.360. The second-order valence-electron chi connectivity index (χ2n) is 10.5. The zero-order chi connectivity index (χ0) is 28.2. The van der Waals surface area contributed by atoms with E-state index in [0.717, 1.165) is 10.7 Å². The van der Waals surface area contributed by atoms with Crippen molar-refractivity contribution in [3.8, 4) is 0 Å². The molecule has 0 unspecified atom stereocenters. The maximum absolute atomic E-state index is 15.2. The number of rotatable bonds is 8. The molecule has 0 radical (unpaired) electrons. The minimum atomic E-state index is -0.866. The third-order valence-electron chi connectivity index (χ3n) is 6.66. The second kappa shape index (κ2) is 9.49. The van der Waals surface area contributed by atoms with E-state index in [4.69, 9.17) is 16.0 Å². The highest BCUT2D eigenvalue weighted by Crippen LogP contribution is 2.40. The van der Waals surface area contributed by atoms with Gasteiger partial charge >= 0.3 is 5.69 Å². The van der Waals surface area contributed by atoms with Gasteiger partial charge in [0.1, 0.15) is 28.7 Å². The van der Waals surface area contributed by atoms with E-state index in [2.05, 4.69) is 26.2 Å². The normalized spacial score (nSPS) is 14.2. The maximum Gasteiger partial charge on any atom is 0.361 e. The molecule has 1 atom stereocenters. The molecule has 0 fully saturated rings. The van der Waals surface area contributed by atoms with Gasteiger partial charge in [-0.3, -0.25) is 14.4 Å². The zero-order valence-electron chi connectivity index (χ0n) is 21.5. The molecule has 1 amide bonds. The number of benzene rings is 1. The topological polar surface area (TPSA) is 155 Å². The third-order valence-corrected chi connectivity index (χ3v) is 6.99. The van der Waals surface area contributed by atoms with Crippen molar-refractivity contribution in [3.63, 3.8) is 0 Å². The number of aromatic amines is 1. The van der Waals surface area contributed by atoms with E-state index >= 15 is 4.39 Å². The largest absolute Gasteiger partial charge is 0.464 e. The highest BCUT2D eigenvalue weighted by Gasteiger charge is 2.37. The van der Waals surface area contributed by atoms with E-state index in [0.29, 0.717) is 17.1 Å². The number of hydrogen-bond acceptors (Lipinski definition) is 9. The molecule has 3 N–H and O–H groups in total. The smallest absolute Gasteiger partial charge is 0.361 e. The first kappa shape index (κ1) is 26.4. The molecule has 1 aliphatic heterocycles. The molecule has 39 heavy (non-hydrogen) atoms. The van der Waals surface area contributed by atoms with Crippen LogP contribution in [0.4, 0.5) is 21.5 Å². The van der Waals surface area contributed by atoms with Gasteiger partial charge in [0, 0.05) is 23.7 Å². The number of amides is 1. The first-order chi connectivity index (χ1) is 18.4. The number of hydrogen-bond donors (Lipinski definition) is 3. The van der Waals surface area contributed by atoms with Crippen LogP contribution in [-0.2, 0) is 13.1 Å². The minimum Gasteiger partial charge on any atom is -0.464 e. The van der Waals surface area contributed by atoms with Gasteiger partial charge in [0.2, 0.25) is 0 Å². The fourth-order valence-corrected chi connectivity index (χ4v) is 4.84. The van der Waals surface area contributed by atoms with E-state index in [1.807, 2.05) is 20.8 Å². The molecule has 0 saturated heterocycles. The highest BCUT2D eigenvalue weighted by molar-refractivity contribution is 6.32. The molecule has 1 aliphatic rings. The number of nitrogens with one attached hydrogen (secondary N) is 3. The predicted molar refractivity (Wildman–Crippen MR) is 141 cm³/mol. The van der Waals surface area contributed by atoms with Crippen molar-refractivity contribution in [1.82, 2.24) is 25.1 Å². The van der Waals surface area contributed by atoms with Gasteiger partial charge in [-0.1, -0.05) is 32.4 Å². The molecule has 5 rings (SSSR count). The second-order valence-corrected chi connectivity index (χ2v) is 10.9. The summed E-state index contributed by atoms with van der Waals surface area (Å²) in [5.41, 5.74) is -2.77. The number of H-pyrrole nitrogens is 1. The lowest BCUT2D eigenvalue weighted by Gasteiger charge is -2.31. The summed E-state index contributed by atoms with van der Waals surface area (Å²) in [6.45, 7) is 7.77. The molecule has 14 heteroatoms. The van der Waals surface area contributed by atoms with Crippen molar-refractivity contribution >= 4 is 34.6 Å². The Morgan fingerprint density at radius 1 is 1.13 bits per heavy atom. The Balaban J connectivity index is 1.46. The number of fused-ring (bicyclic) bond motifs is 1. The molecule has 0 aliphatic carbocycles. The molecule has 4 aromatic rings. The molecule has 0 bridgehead atoms. The molecule has 3 heterocycles. The summed E-state index contributed by atoms with van der Waals surface area (Å²) in [5.74, 6) is -0.179. The van der Waals surface area contributed by atoms with Gasteiger partial charge in [-0.05, 0) is 41.0 Å². The van der Waals surface area contributed by atoms with Crippen molar-refractivity contribution in [2.45, 2.75) is 46.8 Å². The number of nitrogens with zero attached hydrogens (tertiary/aromatic N) is 4. The summed E-state index contributed by atoms with van der Waals surface area (Å²) in [7, 11) is 0. The van der Waals surface area contributed by atoms with E-state index < -0.39 is 39.7 Å². The Morgan fingerprint density at radius 2 is 1.85 bits per heavy atom. The fourth-order valence-electron chi connectivity index (χ4n) is 4.59. The third kappa shape index (κ3) is 4.62. The van der Waals surface area contributed by atoms with E-state index in [1.54, 1.807) is 19.1 Å². The standard InChI is InChI=1S/C25H25ClFN7O5/c1-11-5-6-15(39-11)22(25(2,3)4)29-19-18(20(35)21(19)36)28-17-14(27)9-13(26)12-10-33(23(37)16(12)17)7-8-34-24(38)30-31-32-34/h5-6,9,22,28-29H,7-8,10H2,1-4H3,(H,30,32,38)/t22-/m0/s1. The van der Waals surface area contributed by atoms with Crippen LogP contribution in [0.1, 0.15) is 54.3 Å². The number of tetrazole rings is 1. The Labute approximate surface area is 225 Å². The van der Waals surface area contributed by atoms with Crippen molar-refractivity contribution in [3.05, 3.63) is 82.6 Å². The Hall–Kier alpha value is -4.26. The number of furan rings is 1. The van der Waals surface area contributed by atoms with Crippen molar-refractivity contribution < 1.29 is 13.6 Å². The molecular weight excluding hydrogens is 533 g/mol. The SMILES string of the molecule is Cc1ccc([C@H](Nc2c(Nc3c(F)cc(Cl)c4c3C(=O)N(CCn3nn[nH]c3=O)C4)c(=O)c2=O)C(C)(C)C)o1. The summed E-state index contributed by atoms with van der Waals surface area (Å²) in [6, 6.07) is 4.13. The first-order valence-corrected chi connectivity index (χ1v) is 12.5. The Kier molecular flexibility index (Phi) is 6.41. The summed E-state index contributed by atoms with van der Waals surface area (Å²) >= 11 is 6.27. The first-order valence-electron chi connectivity index (χ1n) is 12.1. The van der Waals surface area contributed by atoms with Gasteiger partial charge in [-0.25, -0.2) is 14.3 Å². The van der Waals surface area contributed by atoms with E-state index in [9.17, 15) is 19.2 Å². The lowest BCUT2D eigenvalue weighted by atomic mass is 9.85. The number of aromatic nitrogens is 4. The summed E-state index contributed by atoms with van der Waals surface area (Å²) in [5, 5.41) is 15.0. The van der Waals surface area contributed by atoms with Gasteiger partial charge in [0.05, 0.1) is 23.8 Å². The molecule has 2 aromatic heterocycles. The summed E-state index contributed by atoms with van der Waals surface area (Å²) in [4.78, 5) is 51.6. The molecule has 0 spiro atoms. The highest BCUT2D eigenvalue weighted by atomic mass is 35.5. The van der Waals surface area contributed by atoms with Crippen LogP contribution in [0.25, 0.3) is 0 Å². The van der Waals surface area contributed by atoms with Crippen molar-refractivity contribution in [2.24, 2.45) is 5.41 Å². The van der Waals surface area contributed by atoms with Crippen LogP contribution in [0, 0.1) is 18.2 Å². The zero-order valence-corrected chi connectivity index (χ0v) is 22.3. The quantitative estimate of drug-likeness (QED) is 0.277. The Bertz CT molecular complexity index is 1720.